The molecule has 0 spiro atoms. The van der Waals surface area contributed by atoms with E-state index in [1.54, 1.807) is 17.9 Å². The van der Waals surface area contributed by atoms with Gasteiger partial charge in [0.25, 0.3) is 8.32 Å². The van der Waals surface area contributed by atoms with Crippen LogP contribution in [0.15, 0.2) is 21.3 Å². The molecule has 1 saturated heterocycles. The molecule has 230 valence electrons. The number of rotatable bonds is 9. The van der Waals surface area contributed by atoms with E-state index in [9.17, 15) is 14.7 Å². The van der Waals surface area contributed by atoms with Crippen LogP contribution in [0, 0.1) is 6.92 Å². The third kappa shape index (κ3) is 6.92. The summed E-state index contributed by atoms with van der Waals surface area (Å²) in [6.45, 7) is 21.0. The minimum Gasteiger partial charge on any atom is -0.542 e. The van der Waals surface area contributed by atoms with E-state index < -0.39 is 26.1 Å². The van der Waals surface area contributed by atoms with Crippen LogP contribution in [-0.2, 0) is 14.2 Å². The van der Waals surface area contributed by atoms with E-state index >= 15 is 0 Å². The van der Waals surface area contributed by atoms with Crippen molar-refractivity contribution in [2.75, 3.05) is 27.0 Å². The van der Waals surface area contributed by atoms with Gasteiger partial charge in [0.05, 0.1) is 12.6 Å². The summed E-state index contributed by atoms with van der Waals surface area (Å²) in [4.78, 5) is 27.7. The second kappa shape index (κ2) is 12.7. The first-order valence-electron chi connectivity index (χ1n) is 14.6. The molecule has 2 aromatic rings. The molecule has 1 aliphatic heterocycles. The largest absolute Gasteiger partial charge is 0.542 e. The van der Waals surface area contributed by atoms with Gasteiger partial charge in [0.1, 0.15) is 40.6 Å². The smallest absolute Gasteiger partial charge is 0.410 e. The second-order valence-electron chi connectivity index (χ2n) is 13.1. The van der Waals surface area contributed by atoms with Gasteiger partial charge in [-0.3, -0.25) is 4.79 Å². The van der Waals surface area contributed by atoms with Gasteiger partial charge in [-0.1, -0.05) is 41.5 Å². The van der Waals surface area contributed by atoms with E-state index in [0.29, 0.717) is 30.0 Å². The number of phenolic OH excluding ortho intramolecular Hbond substituents is 1. The van der Waals surface area contributed by atoms with Crippen LogP contribution in [0.25, 0.3) is 11.0 Å². The number of likely N-dealkylation sites (tertiary alicyclic amines) is 1. The zero-order valence-corrected chi connectivity index (χ0v) is 27.6. The molecule has 9 nitrogen and oxygen atoms in total. The SMILES string of the molecule is COCO[C@@H]1CN(C(=O)OC(C)(C)C)CC[C@@H]1c1c(O[Si](C(C)C)(C(C)C)C(C)C)cc2oc(C)cc(=O)c2c1O. The summed E-state index contributed by atoms with van der Waals surface area (Å²) in [5, 5.41) is 11.9. The highest BCUT2D eigenvalue weighted by Gasteiger charge is 2.48. The molecule has 0 saturated carbocycles. The Labute approximate surface area is 245 Å². The fourth-order valence-corrected chi connectivity index (χ4v) is 11.7. The number of nitrogens with zero attached hydrogens (tertiary/aromatic N) is 1. The number of hydrogen-bond acceptors (Lipinski definition) is 8. The van der Waals surface area contributed by atoms with E-state index in [-0.39, 0.29) is 58.0 Å². The standard InChI is InChI=1S/C31H49NO8Si/c1-18(2)41(19(3)4,20(5)6)40-25-15-24-28(23(33)14-21(7)38-24)29(34)27(25)22-12-13-32(16-26(22)37-17-36-11)30(35)39-31(8,9)10/h14-15,18-20,22,26,34H,12-13,16-17H2,1-11H3/t22-,26+/m0/s1. The maximum Gasteiger partial charge on any atom is 0.410 e. The molecular formula is C31H49NO8Si. The molecule has 0 aliphatic carbocycles. The van der Waals surface area contributed by atoms with E-state index in [2.05, 4.69) is 41.5 Å². The molecule has 0 unspecified atom stereocenters. The molecule has 0 bridgehead atoms. The highest BCUT2D eigenvalue weighted by atomic mass is 28.4. The van der Waals surface area contributed by atoms with Crippen molar-refractivity contribution in [3.63, 3.8) is 0 Å². The third-order valence-corrected chi connectivity index (χ3v) is 14.1. The van der Waals surface area contributed by atoms with Crippen LogP contribution in [0.2, 0.25) is 16.6 Å². The quantitative estimate of drug-likeness (QED) is 0.244. The highest BCUT2D eigenvalue weighted by Crippen LogP contribution is 2.49. The first-order chi connectivity index (χ1) is 19.0. The zero-order valence-electron chi connectivity index (χ0n) is 26.6. The number of piperidine rings is 1. The van der Waals surface area contributed by atoms with Crippen molar-refractivity contribution in [1.29, 1.82) is 0 Å². The normalized spacial score (nSPS) is 18.5. The van der Waals surface area contributed by atoms with E-state index in [4.69, 9.17) is 23.1 Å². The van der Waals surface area contributed by atoms with Crippen LogP contribution < -0.4 is 9.85 Å². The first-order valence-corrected chi connectivity index (χ1v) is 16.7. The molecule has 41 heavy (non-hydrogen) atoms. The lowest BCUT2D eigenvalue weighted by Crippen LogP contribution is -2.51. The molecule has 1 aromatic carbocycles. The fourth-order valence-electron chi connectivity index (χ4n) is 6.47. The number of amides is 1. The molecule has 2 heterocycles. The van der Waals surface area contributed by atoms with Crippen LogP contribution in [0.4, 0.5) is 4.79 Å². The molecule has 1 fully saturated rings. The summed E-state index contributed by atoms with van der Waals surface area (Å²) in [5.41, 5.74) is 0.642. The van der Waals surface area contributed by atoms with Crippen LogP contribution >= 0.6 is 0 Å². The van der Waals surface area contributed by atoms with Gasteiger partial charge in [-0.05, 0) is 50.7 Å². The van der Waals surface area contributed by atoms with Gasteiger partial charge in [0.15, 0.2) is 5.43 Å². The minimum atomic E-state index is -2.49. The van der Waals surface area contributed by atoms with Crippen molar-refractivity contribution in [3.05, 3.63) is 33.7 Å². The van der Waals surface area contributed by atoms with Gasteiger partial charge in [0, 0.05) is 37.3 Å². The summed E-state index contributed by atoms with van der Waals surface area (Å²) in [7, 11) is -0.953. The number of phenols is 1. The zero-order chi connectivity index (χ0) is 30.9. The van der Waals surface area contributed by atoms with E-state index in [0.717, 1.165) is 0 Å². The number of benzene rings is 1. The third-order valence-electron chi connectivity index (χ3n) is 8.09. The Hall–Kier alpha value is -2.56. The molecule has 1 aliphatic rings. The maximum absolute atomic E-state index is 13.1. The highest BCUT2D eigenvalue weighted by molar-refractivity contribution is 6.78. The summed E-state index contributed by atoms with van der Waals surface area (Å²) in [5.74, 6) is 0.412. The molecule has 0 radical (unpaired) electrons. The van der Waals surface area contributed by atoms with Crippen molar-refractivity contribution in [1.82, 2.24) is 4.90 Å². The van der Waals surface area contributed by atoms with Gasteiger partial charge in [-0.25, -0.2) is 4.79 Å². The number of carbonyl (C=O) groups is 1. The lowest BCUT2D eigenvalue weighted by molar-refractivity contribution is -0.100. The summed E-state index contributed by atoms with van der Waals surface area (Å²) >= 11 is 0. The summed E-state index contributed by atoms with van der Waals surface area (Å²) in [6.07, 6.45) is -0.518. The predicted octanol–water partition coefficient (Wildman–Crippen LogP) is 7.07. The number of ether oxygens (including phenoxy) is 3. The molecule has 10 heteroatoms. The monoisotopic (exact) mass is 591 g/mol. The summed E-state index contributed by atoms with van der Waals surface area (Å²) in [6, 6.07) is 3.15. The Kier molecular flexibility index (Phi) is 10.2. The van der Waals surface area contributed by atoms with Crippen molar-refractivity contribution in [2.24, 2.45) is 0 Å². The van der Waals surface area contributed by atoms with Crippen molar-refractivity contribution in [2.45, 2.75) is 110 Å². The number of hydrogen-bond donors (Lipinski definition) is 1. The molecular weight excluding hydrogens is 542 g/mol. The Morgan fingerprint density at radius 3 is 2.27 bits per heavy atom. The first kappa shape index (κ1) is 32.9. The Bertz CT molecular complexity index is 1260. The van der Waals surface area contributed by atoms with Gasteiger partial charge in [0.2, 0.25) is 0 Å². The fraction of sp³-hybridized carbons (Fsp3) is 0.677. The molecule has 1 amide bonds. The number of carbonyl (C=O) groups excluding carboxylic acids is 1. The van der Waals surface area contributed by atoms with Crippen LogP contribution in [0.3, 0.4) is 0 Å². The average Bonchev–Trinajstić information content (AvgIpc) is 2.83. The maximum atomic E-state index is 13.1. The summed E-state index contributed by atoms with van der Waals surface area (Å²) < 4.78 is 30.1. The average molecular weight is 592 g/mol. The van der Waals surface area contributed by atoms with Gasteiger partial charge in [-0.2, -0.15) is 0 Å². The van der Waals surface area contributed by atoms with Crippen LogP contribution in [-0.4, -0.2) is 63.1 Å². The number of fused-ring (bicyclic) bond motifs is 1. The van der Waals surface area contributed by atoms with Crippen molar-refractivity contribution < 1.29 is 33.0 Å². The number of aromatic hydroxyl groups is 1. The molecule has 1 aromatic heterocycles. The topological polar surface area (TPSA) is 108 Å². The molecule has 1 N–H and O–H groups in total. The Morgan fingerprint density at radius 1 is 1.12 bits per heavy atom. The Morgan fingerprint density at radius 2 is 1.73 bits per heavy atom. The van der Waals surface area contributed by atoms with E-state index in [1.807, 2.05) is 20.8 Å². The number of methoxy groups -OCH3 is 1. The minimum absolute atomic E-state index is 0.00212. The van der Waals surface area contributed by atoms with Crippen LogP contribution in [0.5, 0.6) is 11.5 Å². The van der Waals surface area contributed by atoms with E-state index in [1.165, 1.54) is 13.2 Å². The lowest BCUT2D eigenvalue weighted by Gasteiger charge is -2.44. The molecule has 3 rings (SSSR count). The van der Waals surface area contributed by atoms with Gasteiger partial charge < -0.3 is 33.1 Å². The molecule has 2 atom stereocenters. The van der Waals surface area contributed by atoms with Gasteiger partial charge in [-0.15, -0.1) is 0 Å². The second-order valence-corrected chi connectivity index (χ2v) is 18.5. The Balaban J connectivity index is 2.23. The van der Waals surface area contributed by atoms with Crippen molar-refractivity contribution >= 4 is 25.4 Å². The van der Waals surface area contributed by atoms with Crippen molar-refractivity contribution in [3.8, 4) is 11.5 Å². The van der Waals surface area contributed by atoms with Crippen LogP contribution in [0.1, 0.15) is 86.0 Å². The van der Waals surface area contributed by atoms with Gasteiger partial charge >= 0.3 is 6.09 Å². The predicted molar refractivity (Wildman–Crippen MR) is 162 cm³/mol. The lowest BCUT2D eigenvalue weighted by atomic mass is 9.85. The number of aryl methyl sites for hydroxylation is 1.